The zero-order valence-corrected chi connectivity index (χ0v) is 16.4. The third-order valence-electron chi connectivity index (χ3n) is 4.23. The Morgan fingerprint density at radius 3 is 2.19 bits per heavy atom. The predicted octanol–water partition coefficient (Wildman–Crippen LogP) is 2.93. The molecule has 0 unspecified atom stereocenters. The minimum atomic E-state index is -0.269. The fourth-order valence-electron chi connectivity index (χ4n) is 3.00. The number of carbonyl (C=O) groups is 2. The van der Waals surface area contributed by atoms with Crippen molar-refractivity contribution in [1.29, 1.82) is 0 Å². The zero-order valence-electron chi connectivity index (χ0n) is 16.4. The molecule has 0 aliphatic heterocycles. The molecule has 144 valence electrons. The molecule has 0 aliphatic carbocycles. The summed E-state index contributed by atoms with van der Waals surface area (Å²) < 4.78 is 10.5. The molecule has 2 aromatic carbocycles. The number of benzene rings is 2. The molecule has 0 radical (unpaired) electrons. The summed E-state index contributed by atoms with van der Waals surface area (Å²) in [7, 11) is 3.11. The van der Waals surface area contributed by atoms with Crippen molar-refractivity contribution in [1.82, 2.24) is 5.32 Å². The lowest BCUT2D eigenvalue weighted by Crippen LogP contribution is -2.34. The molecule has 0 saturated heterocycles. The van der Waals surface area contributed by atoms with Gasteiger partial charge in [0, 0.05) is 11.3 Å². The molecule has 0 heterocycles. The quantitative estimate of drug-likeness (QED) is 0.786. The van der Waals surface area contributed by atoms with E-state index in [4.69, 9.17) is 9.47 Å². The molecule has 0 bridgehead atoms. The van der Waals surface area contributed by atoms with Crippen LogP contribution in [-0.4, -0.2) is 32.6 Å². The van der Waals surface area contributed by atoms with Crippen LogP contribution in [0, 0.1) is 20.8 Å². The van der Waals surface area contributed by atoms with Crippen LogP contribution < -0.4 is 20.1 Å². The molecule has 27 heavy (non-hydrogen) atoms. The SMILES string of the molecule is COc1ccc(OC)c(CC(=O)NCC(=O)Nc2c(C)cc(C)cc2C)c1. The Morgan fingerprint density at radius 1 is 0.926 bits per heavy atom. The molecular formula is C21H26N2O4. The summed E-state index contributed by atoms with van der Waals surface area (Å²) in [6, 6.07) is 9.28. The van der Waals surface area contributed by atoms with Crippen LogP contribution in [0.15, 0.2) is 30.3 Å². The number of methoxy groups -OCH3 is 2. The highest BCUT2D eigenvalue weighted by molar-refractivity contribution is 5.96. The number of nitrogens with one attached hydrogen (secondary N) is 2. The van der Waals surface area contributed by atoms with Gasteiger partial charge < -0.3 is 20.1 Å². The molecule has 2 rings (SSSR count). The van der Waals surface area contributed by atoms with Gasteiger partial charge in [-0.2, -0.15) is 0 Å². The van der Waals surface area contributed by atoms with Gasteiger partial charge in [0.25, 0.3) is 0 Å². The minimum Gasteiger partial charge on any atom is -0.497 e. The number of rotatable bonds is 7. The number of ether oxygens (including phenoxy) is 2. The van der Waals surface area contributed by atoms with E-state index in [2.05, 4.69) is 10.6 Å². The summed E-state index contributed by atoms with van der Waals surface area (Å²) in [6.07, 6.45) is 0.0935. The molecule has 0 saturated carbocycles. The Morgan fingerprint density at radius 2 is 1.59 bits per heavy atom. The van der Waals surface area contributed by atoms with Gasteiger partial charge >= 0.3 is 0 Å². The van der Waals surface area contributed by atoms with Gasteiger partial charge in [0.15, 0.2) is 0 Å². The summed E-state index contributed by atoms with van der Waals surface area (Å²) in [5.74, 6) is 0.702. The second-order valence-electron chi connectivity index (χ2n) is 6.45. The largest absolute Gasteiger partial charge is 0.497 e. The topological polar surface area (TPSA) is 76.7 Å². The lowest BCUT2D eigenvalue weighted by molar-refractivity contribution is -0.123. The van der Waals surface area contributed by atoms with Crippen LogP contribution >= 0.6 is 0 Å². The van der Waals surface area contributed by atoms with Crippen molar-refractivity contribution in [3.63, 3.8) is 0 Å². The molecule has 6 nitrogen and oxygen atoms in total. The highest BCUT2D eigenvalue weighted by Crippen LogP contribution is 2.24. The zero-order chi connectivity index (χ0) is 20.0. The Labute approximate surface area is 159 Å². The van der Waals surface area contributed by atoms with Crippen molar-refractivity contribution < 1.29 is 19.1 Å². The smallest absolute Gasteiger partial charge is 0.243 e. The van der Waals surface area contributed by atoms with Gasteiger partial charge in [-0.25, -0.2) is 0 Å². The first kappa shape index (κ1) is 20.3. The number of hydrogen-bond donors (Lipinski definition) is 2. The Bertz CT molecular complexity index is 823. The van der Waals surface area contributed by atoms with Crippen molar-refractivity contribution in [3.8, 4) is 11.5 Å². The predicted molar refractivity (Wildman–Crippen MR) is 106 cm³/mol. The van der Waals surface area contributed by atoms with Gasteiger partial charge in [-0.15, -0.1) is 0 Å². The fourth-order valence-corrected chi connectivity index (χ4v) is 3.00. The van der Waals surface area contributed by atoms with Crippen molar-refractivity contribution in [3.05, 3.63) is 52.6 Å². The van der Waals surface area contributed by atoms with E-state index in [1.807, 2.05) is 32.9 Å². The first-order valence-corrected chi connectivity index (χ1v) is 8.69. The van der Waals surface area contributed by atoms with Crippen molar-refractivity contribution >= 4 is 17.5 Å². The van der Waals surface area contributed by atoms with Crippen LogP contribution in [0.2, 0.25) is 0 Å². The normalized spacial score (nSPS) is 10.3. The summed E-state index contributed by atoms with van der Waals surface area (Å²) in [5, 5.41) is 5.51. The minimum absolute atomic E-state index is 0.0935. The molecule has 0 aromatic heterocycles. The molecule has 6 heteroatoms. The standard InChI is InChI=1S/C21H26N2O4/c1-13-8-14(2)21(15(3)9-13)23-20(25)12-22-19(24)11-16-10-17(26-4)6-7-18(16)27-5/h6-10H,11-12H2,1-5H3,(H,22,24)(H,23,25). The summed E-state index contributed by atoms with van der Waals surface area (Å²) in [5.41, 5.74) is 4.61. The first-order valence-electron chi connectivity index (χ1n) is 8.69. The number of carbonyl (C=O) groups excluding carboxylic acids is 2. The Balaban J connectivity index is 1.95. The third-order valence-corrected chi connectivity index (χ3v) is 4.23. The average Bonchev–Trinajstić information content (AvgIpc) is 2.62. The Hall–Kier alpha value is -3.02. The summed E-state index contributed by atoms with van der Waals surface area (Å²) in [6.45, 7) is 5.81. The van der Waals surface area contributed by atoms with E-state index in [1.54, 1.807) is 32.4 Å². The van der Waals surface area contributed by atoms with Crippen molar-refractivity contribution in [2.45, 2.75) is 27.2 Å². The molecule has 0 aliphatic rings. The van der Waals surface area contributed by atoms with Crippen molar-refractivity contribution in [2.24, 2.45) is 0 Å². The van der Waals surface area contributed by atoms with E-state index in [-0.39, 0.29) is 24.8 Å². The first-order chi connectivity index (χ1) is 12.8. The lowest BCUT2D eigenvalue weighted by Gasteiger charge is -2.14. The lowest BCUT2D eigenvalue weighted by atomic mass is 10.1. The molecule has 0 spiro atoms. The second kappa shape index (κ2) is 9.07. The van der Waals surface area contributed by atoms with E-state index in [0.29, 0.717) is 17.1 Å². The fraction of sp³-hybridized carbons (Fsp3) is 0.333. The van der Waals surface area contributed by atoms with Crippen LogP contribution in [0.3, 0.4) is 0 Å². The van der Waals surface area contributed by atoms with Gasteiger partial charge in [0.05, 0.1) is 27.2 Å². The van der Waals surface area contributed by atoms with Crippen LogP contribution in [0.1, 0.15) is 22.3 Å². The van der Waals surface area contributed by atoms with Crippen LogP contribution in [0.5, 0.6) is 11.5 Å². The van der Waals surface area contributed by atoms with Gasteiger partial charge in [-0.05, 0) is 50.1 Å². The summed E-state index contributed by atoms with van der Waals surface area (Å²) >= 11 is 0. The number of aryl methyl sites for hydroxylation is 3. The average molecular weight is 370 g/mol. The molecule has 2 aromatic rings. The van der Waals surface area contributed by atoms with Crippen molar-refractivity contribution in [2.75, 3.05) is 26.1 Å². The van der Waals surface area contributed by atoms with Gasteiger partial charge in [-0.3, -0.25) is 9.59 Å². The molecule has 2 amide bonds. The van der Waals surface area contributed by atoms with Gasteiger partial charge in [-0.1, -0.05) is 17.7 Å². The van der Waals surface area contributed by atoms with E-state index in [0.717, 1.165) is 22.4 Å². The van der Waals surface area contributed by atoms with E-state index >= 15 is 0 Å². The Kier molecular flexibility index (Phi) is 6.82. The highest BCUT2D eigenvalue weighted by atomic mass is 16.5. The number of anilines is 1. The molecule has 2 N–H and O–H groups in total. The van der Waals surface area contributed by atoms with Crippen LogP contribution in [0.4, 0.5) is 5.69 Å². The number of amides is 2. The summed E-state index contributed by atoms with van der Waals surface area (Å²) in [4.78, 5) is 24.4. The van der Waals surface area contributed by atoms with E-state index in [1.165, 1.54) is 0 Å². The molecular weight excluding hydrogens is 344 g/mol. The molecule has 0 fully saturated rings. The molecule has 0 atom stereocenters. The maximum absolute atomic E-state index is 12.2. The highest BCUT2D eigenvalue weighted by Gasteiger charge is 2.13. The van der Waals surface area contributed by atoms with Crippen LogP contribution in [0.25, 0.3) is 0 Å². The van der Waals surface area contributed by atoms with Gasteiger partial charge in [0.1, 0.15) is 11.5 Å². The van der Waals surface area contributed by atoms with E-state index < -0.39 is 0 Å². The second-order valence-corrected chi connectivity index (χ2v) is 6.45. The third kappa shape index (κ3) is 5.48. The number of hydrogen-bond acceptors (Lipinski definition) is 4. The van der Waals surface area contributed by atoms with E-state index in [9.17, 15) is 9.59 Å². The van der Waals surface area contributed by atoms with Crippen LogP contribution in [-0.2, 0) is 16.0 Å². The van der Waals surface area contributed by atoms with Gasteiger partial charge in [0.2, 0.25) is 11.8 Å². The maximum Gasteiger partial charge on any atom is 0.243 e. The monoisotopic (exact) mass is 370 g/mol. The maximum atomic E-state index is 12.2.